The average Bonchev–Trinajstić information content (AvgIpc) is 2.44. The van der Waals surface area contributed by atoms with Gasteiger partial charge in [-0.25, -0.2) is 0 Å². The second kappa shape index (κ2) is 6.52. The summed E-state index contributed by atoms with van der Waals surface area (Å²) in [6, 6.07) is 9.17. The van der Waals surface area contributed by atoms with Gasteiger partial charge in [-0.15, -0.1) is 0 Å². The number of amides is 2. The molecule has 108 valence electrons. The summed E-state index contributed by atoms with van der Waals surface area (Å²) in [5.41, 5.74) is 6.98. The van der Waals surface area contributed by atoms with Gasteiger partial charge in [0.1, 0.15) is 0 Å². The van der Waals surface area contributed by atoms with Crippen LogP contribution in [0.4, 0.5) is 0 Å². The molecule has 5 heteroatoms. The van der Waals surface area contributed by atoms with E-state index in [0.717, 1.165) is 5.56 Å². The Bertz CT molecular complexity index is 475. The van der Waals surface area contributed by atoms with Crippen molar-refractivity contribution >= 4 is 11.8 Å². The molecule has 1 aliphatic heterocycles. The molecule has 0 saturated carbocycles. The zero-order valence-electron chi connectivity index (χ0n) is 11.7. The highest BCUT2D eigenvalue weighted by atomic mass is 16.2. The van der Waals surface area contributed by atoms with Crippen LogP contribution in [-0.2, 0) is 16.0 Å². The van der Waals surface area contributed by atoms with Crippen LogP contribution in [0.5, 0.6) is 0 Å². The van der Waals surface area contributed by atoms with Crippen LogP contribution in [-0.4, -0.2) is 42.4 Å². The van der Waals surface area contributed by atoms with E-state index in [1.807, 2.05) is 30.3 Å². The van der Waals surface area contributed by atoms with Gasteiger partial charge in [-0.05, 0) is 18.4 Å². The molecule has 0 radical (unpaired) electrons. The minimum atomic E-state index is -0.555. The minimum Gasteiger partial charge on any atom is -0.350 e. The summed E-state index contributed by atoms with van der Waals surface area (Å²) >= 11 is 0. The molecule has 0 spiro atoms. The van der Waals surface area contributed by atoms with Crippen molar-refractivity contribution in [2.75, 3.05) is 13.6 Å². The van der Waals surface area contributed by atoms with Crippen molar-refractivity contribution in [3.8, 4) is 0 Å². The third-order valence-electron chi connectivity index (χ3n) is 3.61. The normalized spacial score (nSPS) is 20.6. The zero-order valence-corrected chi connectivity index (χ0v) is 11.7. The van der Waals surface area contributed by atoms with Gasteiger partial charge in [0.2, 0.25) is 11.8 Å². The largest absolute Gasteiger partial charge is 0.350 e. The number of hydrogen-bond acceptors (Lipinski definition) is 3. The Balaban J connectivity index is 1.84. The van der Waals surface area contributed by atoms with E-state index < -0.39 is 6.04 Å². The number of carbonyl (C=O) groups excluding carboxylic acids is 2. The first-order valence-corrected chi connectivity index (χ1v) is 6.90. The van der Waals surface area contributed by atoms with Crippen molar-refractivity contribution < 1.29 is 9.59 Å². The van der Waals surface area contributed by atoms with Gasteiger partial charge in [-0.2, -0.15) is 0 Å². The first-order valence-electron chi connectivity index (χ1n) is 6.90. The molecule has 1 saturated heterocycles. The first kappa shape index (κ1) is 14.5. The number of benzene rings is 1. The molecule has 2 atom stereocenters. The fraction of sp³-hybridized carbons (Fsp3) is 0.467. The van der Waals surface area contributed by atoms with Gasteiger partial charge in [0.25, 0.3) is 0 Å². The van der Waals surface area contributed by atoms with E-state index in [0.29, 0.717) is 25.8 Å². The number of nitrogens with two attached hydrogens (primary N) is 1. The molecule has 0 aromatic heterocycles. The molecular formula is C15H21N3O2. The predicted molar refractivity (Wildman–Crippen MR) is 76.9 cm³/mol. The molecule has 0 bridgehead atoms. The Labute approximate surface area is 119 Å². The van der Waals surface area contributed by atoms with Crippen molar-refractivity contribution in [1.29, 1.82) is 0 Å². The number of piperidine rings is 1. The number of carbonyl (C=O) groups is 2. The number of likely N-dealkylation sites (tertiary alicyclic amines) is 1. The Kier molecular flexibility index (Phi) is 4.74. The first-order chi connectivity index (χ1) is 9.56. The Morgan fingerprint density at radius 3 is 2.80 bits per heavy atom. The Hall–Kier alpha value is -1.88. The third-order valence-corrected chi connectivity index (χ3v) is 3.61. The minimum absolute atomic E-state index is 0.00650. The van der Waals surface area contributed by atoms with Crippen LogP contribution in [0.2, 0.25) is 0 Å². The molecule has 2 unspecified atom stereocenters. The van der Waals surface area contributed by atoms with Crippen LogP contribution < -0.4 is 11.1 Å². The summed E-state index contributed by atoms with van der Waals surface area (Å²) in [6.45, 7) is 0.558. The van der Waals surface area contributed by atoms with Crippen molar-refractivity contribution in [1.82, 2.24) is 10.2 Å². The fourth-order valence-corrected chi connectivity index (χ4v) is 2.40. The smallest absolute Gasteiger partial charge is 0.237 e. The van der Waals surface area contributed by atoms with Crippen LogP contribution in [0.25, 0.3) is 0 Å². The van der Waals surface area contributed by atoms with Gasteiger partial charge in [-0.1, -0.05) is 30.3 Å². The van der Waals surface area contributed by atoms with Crippen molar-refractivity contribution in [3.05, 3.63) is 35.9 Å². The van der Waals surface area contributed by atoms with Crippen LogP contribution >= 0.6 is 0 Å². The van der Waals surface area contributed by atoms with Crippen LogP contribution in [0.3, 0.4) is 0 Å². The van der Waals surface area contributed by atoms with Crippen molar-refractivity contribution in [2.45, 2.75) is 31.3 Å². The maximum atomic E-state index is 12.1. The molecule has 1 heterocycles. The lowest BCUT2D eigenvalue weighted by molar-refractivity contribution is -0.134. The van der Waals surface area contributed by atoms with E-state index in [9.17, 15) is 9.59 Å². The average molecular weight is 275 g/mol. The van der Waals surface area contributed by atoms with Gasteiger partial charge >= 0.3 is 0 Å². The Morgan fingerprint density at radius 1 is 1.45 bits per heavy atom. The molecule has 5 nitrogen and oxygen atoms in total. The summed E-state index contributed by atoms with van der Waals surface area (Å²) < 4.78 is 0. The van der Waals surface area contributed by atoms with Crippen LogP contribution in [0.15, 0.2) is 30.3 Å². The molecule has 0 aliphatic carbocycles. The van der Waals surface area contributed by atoms with Crippen molar-refractivity contribution in [2.24, 2.45) is 5.73 Å². The number of nitrogens with one attached hydrogen (secondary N) is 1. The molecule has 1 fully saturated rings. The van der Waals surface area contributed by atoms with Crippen molar-refractivity contribution in [3.63, 3.8) is 0 Å². The topological polar surface area (TPSA) is 75.4 Å². The molecule has 3 N–H and O–H groups in total. The molecule has 2 amide bonds. The fourth-order valence-electron chi connectivity index (χ4n) is 2.40. The molecule has 1 aromatic carbocycles. The lowest BCUT2D eigenvalue weighted by Crippen LogP contribution is -2.52. The highest BCUT2D eigenvalue weighted by Crippen LogP contribution is 2.10. The molecule has 2 rings (SSSR count). The van der Waals surface area contributed by atoms with E-state index in [2.05, 4.69) is 5.32 Å². The number of likely N-dealkylation sites (N-methyl/N-ethyl adjacent to an activating group) is 1. The van der Waals surface area contributed by atoms with E-state index >= 15 is 0 Å². The lowest BCUT2D eigenvalue weighted by Gasteiger charge is -2.30. The summed E-state index contributed by atoms with van der Waals surface area (Å²) in [5.74, 6) is -0.0225. The monoisotopic (exact) mass is 275 g/mol. The second-order valence-electron chi connectivity index (χ2n) is 5.31. The summed E-state index contributed by atoms with van der Waals surface area (Å²) in [6.07, 6.45) is 1.69. The zero-order chi connectivity index (χ0) is 14.5. The highest BCUT2D eigenvalue weighted by molar-refractivity contribution is 5.83. The van der Waals surface area contributed by atoms with Crippen LogP contribution in [0, 0.1) is 0 Å². The molecule has 1 aliphatic rings. The highest BCUT2D eigenvalue weighted by Gasteiger charge is 2.25. The van der Waals surface area contributed by atoms with Gasteiger partial charge in [0.15, 0.2) is 0 Å². The number of nitrogens with zero attached hydrogens (tertiary/aromatic N) is 1. The SMILES string of the molecule is CN1CC(NC(=O)C(N)Cc2ccccc2)CCC1=O. The molecule has 1 aromatic rings. The standard InChI is InChI=1S/C15H21N3O2/c1-18-10-12(7-8-14(18)19)17-15(20)13(16)9-11-5-3-2-4-6-11/h2-6,12-13H,7-10,16H2,1H3,(H,17,20). The van der Waals surface area contributed by atoms with Gasteiger partial charge in [-0.3, -0.25) is 9.59 Å². The quantitative estimate of drug-likeness (QED) is 0.829. The van der Waals surface area contributed by atoms with Gasteiger partial charge in [0.05, 0.1) is 6.04 Å². The number of rotatable bonds is 4. The van der Waals surface area contributed by atoms with Crippen LogP contribution in [0.1, 0.15) is 18.4 Å². The van der Waals surface area contributed by atoms with E-state index in [1.165, 1.54) is 0 Å². The Morgan fingerprint density at radius 2 is 2.15 bits per heavy atom. The van der Waals surface area contributed by atoms with E-state index in [-0.39, 0.29) is 17.9 Å². The lowest BCUT2D eigenvalue weighted by atomic mass is 10.0. The summed E-state index contributed by atoms with van der Waals surface area (Å²) in [4.78, 5) is 25.1. The maximum absolute atomic E-state index is 12.1. The molecular weight excluding hydrogens is 254 g/mol. The number of hydrogen-bond donors (Lipinski definition) is 2. The third kappa shape index (κ3) is 3.81. The summed E-state index contributed by atoms with van der Waals surface area (Å²) in [5, 5.41) is 2.93. The molecule has 20 heavy (non-hydrogen) atoms. The maximum Gasteiger partial charge on any atom is 0.237 e. The van der Waals surface area contributed by atoms with Gasteiger partial charge in [0, 0.05) is 26.1 Å². The second-order valence-corrected chi connectivity index (χ2v) is 5.31. The summed E-state index contributed by atoms with van der Waals surface area (Å²) in [7, 11) is 1.75. The van der Waals surface area contributed by atoms with Gasteiger partial charge < -0.3 is 16.0 Å². The van der Waals surface area contributed by atoms with E-state index in [1.54, 1.807) is 11.9 Å². The van der Waals surface area contributed by atoms with E-state index in [4.69, 9.17) is 5.73 Å². The predicted octanol–water partition coefficient (Wildman–Crippen LogP) is 0.293.